The van der Waals surface area contributed by atoms with Crippen LogP contribution in [0.3, 0.4) is 0 Å². The van der Waals surface area contributed by atoms with Crippen LogP contribution in [0, 0.1) is 0 Å². The Morgan fingerprint density at radius 1 is 0.931 bits per heavy atom. The predicted molar refractivity (Wildman–Crippen MR) is 115 cm³/mol. The van der Waals surface area contributed by atoms with Gasteiger partial charge in [0.1, 0.15) is 5.75 Å². The van der Waals surface area contributed by atoms with E-state index in [4.69, 9.17) is 34.8 Å². The van der Waals surface area contributed by atoms with E-state index >= 15 is 0 Å². The highest BCUT2D eigenvalue weighted by molar-refractivity contribution is 7.92. The van der Waals surface area contributed by atoms with Crippen molar-refractivity contribution in [1.82, 2.24) is 0 Å². The molecule has 0 atom stereocenters. The van der Waals surface area contributed by atoms with E-state index in [1.165, 1.54) is 30.3 Å². The molecule has 3 aromatic rings. The standard InChI is InChI=1S/C19H13Cl3N2O4S/c20-11-3-1-4-12(9-11)24-29(27,28)13-7-8-17(25)16(10-13)23-19(26)14-5-2-6-15(21)18(14)22/h1-10,24-25H,(H,23,26). The highest BCUT2D eigenvalue weighted by atomic mass is 35.5. The lowest BCUT2D eigenvalue weighted by Gasteiger charge is -2.12. The van der Waals surface area contributed by atoms with E-state index in [9.17, 15) is 18.3 Å². The van der Waals surface area contributed by atoms with Crippen molar-refractivity contribution >= 4 is 62.1 Å². The van der Waals surface area contributed by atoms with Gasteiger partial charge in [-0.2, -0.15) is 0 Å². The smallest absolute Gasteiger partial charge is 0.261 e. The minimum atomic E-state index is -4.00. The number of carbonyl (C=O) groups is 1. The zero-order valence-electron chi connectivity index (χ0n) is 14.5. The predicted octanol–water partition coefficient (Wildman–Crippen LogP) is 5.41. The van der Waals surface area contributed by atoms with E-state index in [0.29, 0.717) is 5.02 Å². The van der Waals surface area contributed by atoms with Crippen LogP contribution in [0.2, 0.25) is 15.1 Å². The molecule has 3 N–H and O–H groups in total. The first-order valence-corrected chi connectivity index (χ1v) is 10.7. The maximum Gasteiger partial charge on any atom is 0.261 e. The number of nitrogens with one attached hydrogen (secondary N) is 2. The molecule has 0 aliphatic carbocycles. The van der Waals surface area contributed by atoms with E-state index in [1.54, 1.807) is 18.2 Å². The molecule has 3 aromatic carbocycles. The van der Waals surface area contributed by atoms with Crippen LogP contribution < -0.4 is 10.0 Å². The van der Waals surface area contributed by atoms with Crippen LogP contribution in [0.4, 0.5) is 11.4 Å². The Bertz CT molecular complexity index is 1200. The van der Waals surface area contributed by atoms with Gasteiger partial charge in [-0.05, 0) is 48.5 Å². The first-order chi connectivity index (χ1) is 13.7. The second-order valence-electron chi connectivity index (χ2n) is 5.85. The monoisotopic (exact) mass is 470 g/mol. The first kappa shape index (κ1) is 21.3. The van der Waals surface area contributed by atoms with E-state index in [1.807, 2.05) is 0 Å². The molecule has 0 radical (unpaired) electrons. The second-order valence-corrected chi connectivity index (χ2v) is 8.75. The number of benzene rings is 3. The molecule has 3 rings (SSSR count). The van der Waals surface area contributed by atoms with Crippen molar-refractivity contribution in [3.63, 3.8) is 0 Å². The lowest BCUT2D eigenvalue weighted by atomic mass is 10.2. The van der Waals surface area contributed by atoms with Crippen molar-refractivity contribution in [3.05, 3.63) is 81.3 Å². The SMILES string of the molecule is O=C(Nc1cc(S(=O)(=O)Nc2cccc(Cl)c2)ccc1O)c1cccc(Cl)c1Cl. The van der Waals surface area contributed by atoms with Gasteiger partial charge in [0.15, 0.2) is 0 Å². The molecule has 0 aromatic heterocycles. The number of halogens is 3. The Kier molecular flexibility index (Phi) is 6.24. The molecular weight excluding hydrogens is 459 g/mol. The average molecular weight is 472 g/mol. The summed E-state index contributed by atoms with van der Waals surface area (Å²) in [5.41, 5.74) is 0.228. The number of hydrogen-bond donors (Lipinski definition) is 3. The normalized spacial score (nSPS) is 11.1. The lowest BCUT2D eigenvalue weighted by molar-refractivity contribution is 0.102. The highest BCUT2D eigenvalue weighted by Crippen LogP contribution is 2.30. The Hall–Kier alpha value is -2.45. The van der Waals surface area contributed by atoms with Gasteiger partial charge in [0, 0.05) is 5.02 Å². The summed E-state index contributed by atoms with van der Waals surface area (Å²) in [5.74, 6) is -0.983. The van der Waals surface area contributed by atoms with Crippen LogP contribution in [0.5, 0.6) is 5.75 Å². The van der Waals surface area contributed by atoms with Gasteiger partial charge < -0.3 is 10.4 Å². The molecular formula is C19H13Cl3N2O4S. The molecule has 150 valence electrons. The summed E-state index contributed by atoms with van der Waals surface area (Å²) < 4.78 is 27.7. The number of sulfonamides is 1. The third-order valence-electron chi connectivity index (χ3n) is 3.80. The molecule has 0 spiro atoms. The van der Waals surface area contributed by atoms with Crippen molar-refractivity contribution in [2.45, 2.75) is 4.90 Å². The molecule has 0 aliphatic rings. The maximum atomic E-state index is 12.6. The number of rotatable bonds is 5. The van der Waals surface area contributed by atoms with Crippen LogP contribution >= 0.6 is 34.8 Å². The fraction of sp³-hybridized carbons (Fsp3) is 0. The molecule has 29 heavy (non-hydrogen) atoms. The van der Waals surface area contributed by atoms with E-state index in [2.05, 4.69) is 10.0 Å². The van der Waals surface area contributed by atoms with Crippen LogP contribution in [0.1, 0.15) is 10.4 Å². The minimum Gasteiger partial charge on any atom is -0.506 e. The maximum absolute atomic E-state index is 12.6. The van der Waals surface area contributed by atoms with Gasteiger partial charge in [0.05, 0.1) is 31.9 Å². The van der Waals surface area contributed by atoms with E-state index in [-0.39, 0.29) is 37.6 Å². The zero-order chi connectivity index (χ0) is 21.2. The van der Waals surface area contributed by atoms with Gasteiger partial charge in [-0.3, -0.25) is 9.52 Å². The van der Waals surface area contributed by atoms with Gasteiger partial charge in [-0.1, -0.05) is 46.9 Å². The van der Waals surface area contributed by atoms with Gasteiger partial charge in [-0.15, -0.1) is 0 Å². The Balaban J connectivity index is 1.89. The zero-order valence-corrected chi connectivity index (χ0v) is 17.6. The van der Waals surface area contributed by atoms with Crippen LogP contribution in [-0.2, 0) is 10.0 Å². The van der Waals surface area contributed by atoms with E-state index in [0.717, 1.165) is 12.1 Å². The van der Waals surface area contributed by atoms with Crippen LogP contribution in [0.15, 0.2) is 65.6 Å². The van der Waals surface area contributed by atoms with Crippen molar-refractivity contribution < 1.29 is 18.3 Å². The Morgan fingerprint density at radius 3 is 2.38 bits per heavy atom. The summed E-state index contributed by atoms with van der Waals surface area (Å²) in [5, 5.41) is 13.1. The summed E-state index contributed by atoms with van der Waals surface area (Å²) in [6.07, 6.45) is 0. The fourth-order valence-corrected chi connectivity index (χ4v) is 4.07. The summed E-state index contributed by atoms with van der Waals surface area (Å²) in [6.45, 7) is 0. The average Bonchev–Trinajstić information content (AvgIpc) is 2.65. The third kappa shape index (κ3) is 4.94. The molecule has 10 heteroatoms. The molecule has 0 saturated carbocycles. The summed E-state index contributed by atoms with van der Waals surface area (Å²) >= 11 is 17.8. The number of hydrogen-bond acceptors (Lipinski definition) is 4. The quantitative estimate of drug-likeness (QED) is 0.434. The minimum absolute atomic E-state index is 0.0394. The number of carbonyl (C=O) groups excluding carboxylic acids is 1. The van der Waals surface area contributed by atoms with Gasteiger partial charge in [0.2, 0.25) is 0 Å². The highest BCUT2D eigenvalue weighted by Gasteiger charge is 2.19. The number of anilines is 2. The molecule has 0 bridgehead atoms. The van der Waals surface area contributed by atoms with Gasteiger partial charge >= 0.3 is 0 Å². The molecule has 1 amide bonds. The van der Waals surface area contributed by atoms with Crippen LogP contribution in [-0.4, -0.2) is 19.4 Å². The topological polar surface area (TPSA) is 95.5 Å². The molecule has 0 unspecified atom stereocenters. The second kappa shape index (κ2) is 8.51. The third-order valence-corrected chi connectivity index (χ3v) is 6.23. The van der Waals surface area contributed by atoms with Crippen LogP contribution in [0.25, 0.3) is 0 Å². The first-order valence-electron chi connectivity index (χ1n) is 8.04. The largest absolute Gasteiger partial charge is 0.506 e. The van der Waals surface area contributed by atoms with E-state index < -0.39 is 15.9 Å². The number of amides is 1. The summed E-state index contributed by atoms with van der Waals surface area (Å²) in [7, 11) is -4.00. The Morgan fingerprint density at radius 2 is 1.66 bits per heavy atom. The molecule has 6 nitrogen and oxygen atoms in total. The summed E-state index contributed by atoms with van der Waals surface area (Å²) in [6, 6.07) is 14.2. The molecule has 0 aliphatic heterocycles. The summed E-state index contributed by atoms with van der Waals surface area (Å²) in [4.78, 5) is 12.3. The van der Waals surface area contributed by atoms with Crippen molar-refractivity contribution in [1.29, 1.82) is 0 Å². The Labute approximate surface area is 182 Å². The molecule has 0 fully saturated rings. The lowest BCUT2D eigenvalue weighted by Crippen LogP contribution is -2.15. The molecule has 0 heterocycles. The van der Waals surface area contributed by atoms with Crippen molar-refractivity contribution in [3.8, 4) is 5.75 Å². The van der Waals surface area contributed by atoms with Gasteiger partial charge in [-0.25, -0.2) is 8.42 Å². The fourth-order valence-electron chi connectivity index (χ4n) is 2.42. The van der Waals surface area contributed by atoms with Crippen molar-refractivity contribution in [2.75, 3.05) is 10.0 Å². The number of aromatic hydroxyl groups is 1. The van der Waals surface area contributed by atoms with Crippen molar-refractivity contribution in [2.24, 2.45) is 0 Å². The van der Waals surface area contributed by atoms with Gasteiger partial charge in [0.25, 0.3) is 15.9 Å². The molecule has 0 saturated heterocycles. The number of phenolic OH excluding ortho intramolecular Hbond substituents is 1. The number of phenols is 1.